The Labute approximate surface area is 92.3 Å². The maximum atomic E-state index is 10.8. The largest absolute Gasteiger partial charge is 0.296 e. The minimum atomic E-state index is 0.227. The maximum Gasteiger partial charge on any atom is 0.170 e. The SMILES string of the molecule is Cc1ccc(-n2cnc(Cl)c2C=O)cc1. The Morgan fingerprint density at radius 2 is 2.00 bits per heavy atom. The van der Waals surface area contributed by atoms with Gasteiger partial charge in [-0.1, -0.05) is 29.3 Å². The number of aryl methyl sites for hydroxylation is 1. The summed E-state index contributed by atoms with van der Waals surface area (Å²) < 4.78 is 1.66. The summed E-state index contributed by atoms with van der Waals surface area (Å²) in [5, 5.41) is 0.227. The Balaban J connectivity index is 2.53. The number of nitrogens with zero attached hydrogens (tertiary/aromatic N) is 2. The molecule has 1 aromatic carbocycles. The van der Waals surface area contributed by atoms with Crippen LogP contribution in [-0.4, -0.2) is 15.8 Å². The molecule has 0 bridgehead atoms. The topological polar surface area (TPSA) is 34.9 Å². The Morgan fingerprint density at radius 3 is 2.60 bits per heavy atom. The first-order chi connectivity index (χ1) is 7.22. The Kier molecular flexibility index (Phi) is 2.56. The lowest BCUT2D eigenvalue weighted by atomic mass is 10.2. The second-order valence-electron chi connectivity index (χ2n) is 3.24. The lowest BCUT2D eigenvalue weighted by Crippen LogP contribution is -1.97. The first kappa shape index (κ1) is 9.93. The first-order valence-electron chi connectivity index (χ1n) is 4.47. The molecule has 0 atom stereocenters. The van der Waals surface area contributed by atoms with Crippen molar-refractivity contribution in [3.8, 4) is 5.69 Å². The van der Waals surface area contributed by atoms with Gasteiger partial charge in [0.05, 0.1) is 0 Å². The number of aldehydes is 1. The standard InChI is InChI=1S/C11H9ClN2O/c1-8-2-4-9(5-3-8)14-7-13-11(12)10(14)6-15/h2-7H,1H3. The van der Waals surface area contributed by atoms with Gasteiger partial charge in [-0.15, -0.1) is 0 Å². The highest BCUT2D eigenvalue weighted by Gasteiger charge is 2.08. The summed E-state index contributed by atoms with van der Waals surface area (Å²) in [6, 6.07) is 7.77. The van der Waals surface area contributed by atoms with Crippen LogP contribution in [0.1, 0.15) is 16.1 Å². The molecule has 2 rings (SSSR count). The molecule has 0 radical (unpaired) electrons. The van der Waals surface area contributed by atoms with Crippen LogP contribution in [0.15, 0.2) is 30.6 Å². The molecule has 0 saturated heterocycles. The molecule has 0 aliphatic heterocycles. The molecule has 0 amide bonds. The van der Waals surface area contributed by atoms with Crippen LogP contribution in [0.4, 0.5) is 0 Å². The second-order valence-corrected chi connectivity index (χ2v) is 3.60. The molecule has 0 unspecified atom stereocenters. The zero-order chi connectivity index (χ0) is 10.8. The summed E-state index contributed by atoms with van der Waals surface area (Å²) in [6.45, 7) is 2.01. The van der Waals surface area contributed by atoms with E-state index in [-0.39, 0.29) is 5.15 Å². The van der Waals surface area contributed by atoms with Crippen molar-refractivity contribution in [1.29, 1.82) is 0 Å². The zero-order valence-electron chi connectivity index (χ0n) is 8.14. The van der Waals surface area contributed by atoms with E-state index in [0.717, 1.165) is 11.3 Å². The second kappa shape index (κ2) is 3.87. The van der Waals surface area contributed by atoms with Crippen LogP contribution >= 0.6 is 11.6 Å². The molecular weight excluding hydrogens is 212 g/mol. The molecule has 0 spiro atoms. The van der Waals surface area contributed by atoms with Gasteiger partial charge in [-0.3, -0.25) is 9.36 Å². The third-order valence-corrected chi connectivity index (χ3v) is 2.47. The van der Waals surface area contributed by atoms with Crippen LogP contribution in [-0.2, 0) is 0 Å². The number of benzene rings is 1. The van der Waals surface area contributed by atoms with Gasteiger partial charge in [0.2, 0.25) is 0 Å². The fourth-order valence-corrected chi connectivity index (χ4v) is 1.53. The molecular formula is C11H9ClN2O. The van der Waals surface area contributed by atoms with Crippen LogP contribution in [0.2, 0.25) is 5.15 Å². The fourth-order valence-electron chi connectivity index (χ4n) is 1.35. The number of carbonyl (C=O) groups is 1. The van der Waals surface area contributed by atoms with E-state index < -0.39 is 0 Å². The van der Waals surface area contributed by atoms with Crippen molar-refractivity contribution >= 4 is 17.9 Å². The van der Waals surface area contributed by atoms with E-state index in [9.17, 15) is 4.79 Å². The van der Waals surface area contributed by atoms with Crippen LogP contribution in [0.5, 0.6) is 0 Å². The minimum Gasteiger partial charge on any atom is -0.296 e. The van der Waals surface area contributed by atoms with Gasteiger partial charge in [0.25, 0.3) is 0 Å². The highest BCUT2D eigenvalue weighted by atomic mass is 35.5. The van der Waals surface area contributed by atoms with Gasteiger partial charge in [-0.05, 0) is 19.1 Å². The fraction of sp³-hybridized carbons (Fsp3) is 0.0909. The molecule has 3 nitrogen and oxygen atoms in total. The molecule has 76 valence electrons. The first-order valence-corrected chi connectivity index (χ1v) is 4.85. The normalized spacial score (nSPS) is 10.3. The van der Waals surface area contributed by atoms with E-state index in [4.69, 9.17) is 11.6 Å². The molecule has 15 heavy (non-hydrogen) atoms. The predicted octanol–water partition coefficient (Wildman–Crippen LogP) is 2.65. The Morgan fingerprint density at radius 1 is 1.33 bits per heavy atom. The molecule has 0 aliphatic carbocycles. The summed E-state index contributed by atoms with van der Waals surface area (Å²) in [5.41, 5.74) is 2.42. The zero-order valence-corrected chi connectivity index (χ0v) is 8.90. The minimum absolute atomic E-state index is 0.227. The number of carbonyl (C=O) groups excluding carboxylic acids is 1. The highest BCUT2D eigenvalue weighted by molar-refractivity contribution is 6.31. The van der Waals surface area contributed by atoms with Crippen molar-refractivity contribution in [2.45, 2.75) is 6.92 Å². The van der Waals surface area contributed by atoms with E-state index >= 15 is 0 Å². The van der Waals surface area contributed by atoms with E-state index in [2.05, 4.69) is 4.98 Å². The molecule has 0 N–H and O–H groups in total. The Hall–Kier alpha value is -1.61. The molecule has 1 heterocycles. The van der Waals surface area contributed by atoms with Gasteiger partial charge >= 0.3 is 0 Å². The quantitative estimate of drug-likeness (QED) is 0.730. The third kappa shape index (κ3) is 1.78. The predicted molar refractivity (Wildman–Crippen MR) is 58.7 cm³/mol. The van der Waals surface area contributed by atoms with Gasteiger partial charge in [-0.2, -0.15) is 0 Å². The van der Waals surface area contributed by atoms with Crippen molar-refractivity contribution in [3.63, 3.8) is 0 Å². The lowest BCUT2D eigenvalue weighted by molar-refractivity contribution is 0.111. The van der Waals surface area contributed by atoms with Crippen LogP contribution in [0.3, 0.4) is 0 Å². The van der Waals surface area contributed by atoms with Crippen LogP contribution in [0, 0.1) is 6.92 Å². The number of imidazole rings is 1. The summed E-state index contributed by atoms with van der Waals surface area (Å²) in [7, 11) is 0. The molecule has 1 aromatic heterocycles. The number of hydrogen-bond donors (Lipinski definition) is 0. The molecule has 0 fully saturated rings. The maximum absolute atomic E-state index is 10.8. The van der Waals surface area contributed by atoms with Gasteiger partial charge in [0.15, 0.2) is 11.4 Å². The third-order valence-electron chi connectivity index (χ3n) is 2.18. The van der Waals surface area contributed by atoms with Gasteiger partial charge < -0.3 is 0 Å². The van der Waals surface area contributed by atoms with Crippen molar-refractivity contribution in [3.05, 3.63) is 47.0 Å². The number of hydrogen-bond acceptors (Lipinski definition) is 2. The highest BCUT2D eigenvalue weighted by Crippen LogP contribution is 2.17. The number of aromatic nitrogens is 2. The molecule has 0 aliphatic rings. The van der Waals surface area contributed by atoms with Gasteiger partial charge in [0.1, 0.15) is 12.0 Å². The van der Waals surface area contributed by atoms with Gasteiger partial charge in [0, 0.05) is 5.69 Å². The average Bonchev–Trinajstić information content (AvgIpc) is 2.61. The van der Waals surface area contributed by atoms with Crippen LogP contribution < -0.4 is 0 Å². The number of rotatable bonds is 2. The smallest absolute Gasteiger partial charge is 0.170 e. The van der Waals surface area contributed by atoms with Crippen molar-refractivity contribution in [2.24, 2.45) is 0 Å². The van der Waals surface area contributed by atoms with E-state index in [0.29, 0.717) is 12.0 Å². The van der Waals surface area contributed by atoms with Crippen molar-refractivity contribution in [2.75, 3.05) is 0 Å². The van der Waals surface area contributed by atoms with Crippen molar-refractivity contribution in [1.82, 2.24) is 9.55 Å². The van der Waals surface area contributed by atoms with E-state index in [1.807, 2.05) is 31.2 Å². The summed E-state index contributed by atoms with van der Waals surface area (Å²) in [4.78, 5) is 14.7. The summed E-state index contributed by atoms with van der Waals surface area (Å²) in [6.07, 6.45) is 2.24. The average molecular weight is 221 g/mol. The van der Waals surface area contributed by atoms with Crippen molar-refractivity contribution < 1.29 is 4.79 Å². The monoisotopic (exact) mass is 220 g/mol. The van der Waals surface area contributed by atoms with Crippen LogP contribution in [0.25, 0.3) is 5.69 Å². The molecule has 2 aromatic rings. The van der Waals surface area contributed by atoms with E-state index in [1.54, 1.807) is 4.57 Å². The van der Waals surface area contributed by atoms with Gasteiger partial charge in [-0.25, -0.2) is 4.98 Å². The van der Waals surface area contributed by atoms with E-state index in [1.165, 1.54) is 6.33 Å². The molecule has 4 heteroatoms. The summed E-state index contributed by atoms with van der Waals surface area (Å²) in [5.74, 6) is 0. The number of halogens is 1. The Bertz CT molecular complexity index is 488. The summed E-state index contributed by atoms with van der Waals surface area (Å²) >= 11 is 5.76. The molecule has 0 saturated carbocycles. The lowest BCUT2D eigenvalue weighted by Gasteiger charge is -2.04.